The van der Waals surface area contributed by atoms with Crippen molar-refractivity contribution in [3.8, 4) is 11.8 Å². The van der Waals surface area contributed by atoms with Gasteiger partial charge in [0.1, 0.15) is 11.8 Å². The lowest BCUT2D eigenvalue weighted by atomic mass is 10.1. The van der Waals surface area contributed by atoms with E-state index in [0.29, 0.717) is 0 Å². The van der Waals surface area contributed by atoms with Gasteiger partial charge in [0.2, 0.25) is 0 Å². The number of nitrogens with one attached hydrogen (secondary N) is 1. The van der Waals surface area contributed by atoms with E-state index in [0.717, 1.165) is 11.4 Å². The number of methoxy groups -OCH3 is 1. The number of benzene rings is 1. The Morgan fingerprint density at radius 1 is 1.27 bits per heavy atom. The summed E-state index contributed by atoms with van der Waals surface area (Å²) in [4.78, 5) is 0. The molecule has 1 unspecified atom stereocenters. The molecule has 3 heteroatoms. The summed E-state index contributed by atoms with van der Waals surface area (Å²) in [6.45, 7) is 4.04. The standard InChI is InChI=1S/C12H16N2O/c1-9(2)12(8-13)14-10-4-6-11(15-3)7-5-10/h4-7,9,12,14H,1-3H3. The van der Waals surface area contributed by atoms with E-state index >= 15 is 0 Å². The number of ether oxygens (including phenoxy) is 1. The summed E-state index contributed by atoms with van der Waals surface area (Å²) >= 11 is 0. The van der Waals surface area contributed by atoms with Crippen molar-refractivity contribution in [2.24, 2.45) is 5.92 Å². The summed E-state index contributed by atoms with van der Waals surface area (Å²) in [5, 5.41) is 12.1. The van der Waals surface area contributed by atoms with Crippen LogP contribution in [0.5, 0.6) is 5.75 Å². The molecule has 0 saturated heterocycles. The van der Waals surface area contributed by atoms with E-state index < -0.39 is 0 Å². The number of anilines is 1. The molecule has 3 nitrogen and oxygen atoms in total. The van der Waals surface area contributed by atoms with Gasteiger partial charge in [-0.2, -0.15) is 5.26 Å². The van der Waals surface area contributed by atoms with Crippen LogP contribution in [-0.2, 0) is 0 Å². The Morgan fingerprint density at radius 2 is 1.87 bits per heavy atom. The van der Waals surface area contributed by atoms with E-state index in [9.17, 15) is 0 Å². The zero-order valence-electron chi connectivity index (χ0n) is 9.32. The molecule has 0 saturated carbocycles. The average Bonchev–Trinajstić information content (AvgIpc) is 2.26. The van der Waals surface area contributed by atoms with Crippen LogP contribution < -0.4 is 10.1 Å². The van der Waals surface area contributed by atoms with Gasteiger partial charge in [-0.05, 0) is 30.2 Å². The fourth-order valence-corrected chi connectivity index (χ4v) is 1.21. The number of nitrogens with zero attached hydrogens (tertiary/aromatic N) is 1. The smallest absolute Gasteiger partial charge is 0.119 e. The predicted octanol–water partition coefficient (Wildman–Crippen LogP) is 2.66. The largest absolute Gasteiger partial charge is 0.497 e. The minimum atomic E-state index is -0.154. The average molecular weight is 204 g/mol. The molecule has 0 heterocycles. The summed E-state index contributed by atoms with van der Waals surface area (Å²) in [5.74, 6) is 1.11. The van der Waals surface area contributed by atoms with Gasteiger partial charge < -0.3 is 10.1 Å². The maximum Gasteiger partial charge on any atom is 0.119 e. The molecule has 0 aliphatic heterocycles. The quantitative estimate of drug-likeness (QED) is 0.820. The Hall–Kier alpha value is -1.69. The SMILES string of the molecule is COc1ccc(NC(C#N)C(C)C)cc1. The van der Waals surface area contributed by atoms with Gasteiger partial charge in [0, 0.05) is 5.69 Å². The van der Waals surface area contributed by atoms with Crippen LogP contribution in [0.3, 0.4) is 0 Å². The van der Waals surface area contributed by atoms with Crippen LogP contribution in [0, 0.1) is 17.2 Å². The van der Waals surface area contributed by atoms with Gasteiger partial charge in [-0.15, -0.1) is 0 Å². The van der Waals surface area contributed by atoms with E-state index in [-0.39, 0.29) is 12.0 Å². The number of rotatable bonds is 4. The molecule has 0 fully saturated rings. The van der Waals surface area contributed by atoms with Crippen molar-refractivity contribution in [3.63, 3.8) is 0 Å². The van der Waals surface area contributed by atoms with Gasteiger partial charge in [-0.25, -0.2) is 0 Å². The molecule has 80 valence electrons. The molecule has 0 bridgehead atoms. The van der Waals surface area contributed by atoms with E-state index in [1.54, 1.807) is 7.11 Å². The van der Waals surface area contributed by atoms with Crippen LogP contribution in [-0.4, -0.2) is 13.2 Å². The molecular formula is C12H16N2O. The fraction of sp³-hybridized carbons (Fsp3) is 0.417. The first kappa shape index (κ1) is 11.4. The highest BCUT2D eigenvalue weighted by Crippen LogP contribution is 2.17. The lowest BCUT2D eigenvalue weighted by molar-refractivity contribution is 0.415. The lowest BCUT2D eigenvalue weighted by Gasteiger charge is -2.16. The molecule has 1 aromatic carbocycles. The first-order valence-corrected chi connectivity index (χ1v) is 4.97. The van der Waals surface area contributed by atoms with Gasteiger partial charge in [0.25, 0.3) is 0 Å². The van der Waals surface area contributed by atoms with Crippen molar-refractivity contribution in [2.75, 3.05) is 12.4 Å². The van der Waals surface area contributed by atoms with Crippen LogP contribution in [0.25, 0.3) is 0 Å². The Morgan fingerprint density at radius 3 is 2.27 bits per heavy atom. The van der Waals surface area contributed by atoms with E-state index in [1.807, 2.05) is 38.1 Å². The molecule has 0 spiro atoms. The third kappa shape index (κ3) is 3.17. The highest BCUT2D eigenvalue weighted by atomic mass is 16.5. The Bertz CT molecular complexity index is 338. The first-order valence-electron chi connectivity index (χ1n) is 4.97. The van der Waals surface area contributed by atoms with Crippen LogP contribution in [0.4, 0.5) is 5.69 Å². The van der Waals surface area contributed by atoms with Crippen LogP contribution in [0.15, 0.2) is 24.3 Å². The minimum Gasteiger partial charge on any atom is -0.497 e. The van der Waals surface area contributed by atoms with Gasteiger partial charge in [0.15, 0.2) is 0 Å². The molecule has 1 rings (SSSR count). The van der Waals surface area contributed by atoms with Crippen molar-refractivity contribution >= 4 is 5.69 Å². The van der Waals surface area contributed by atoms with Gasteiger partial charge >= 0.3 is 0 Å². The monoisotopic (exact) mass is 204 g/mol. The molecule has 1 atom stereocenters. The molecule has 1 aromatic rings. The predicted molar refractivity (Wildman–Crippen MR) is 60.9 cm³/mol. The summed E-state index contributed by atoms with van der Waals surface area (Å²) in [7, 11) is 1.63. The molecular weight excluding hydrogens is 188 g/mol. The van der Waals surface area contributed by atoms with Crippen molar-refractivity contribution in [1.29, 1.82) is 5.26 Å². The highest BCUT2D eigenvalue weighted by molar-refractivity contribution is 5.48. The topological polar surface area (TPSA) is 45.0 Å². The minimum absolute atomic E-state index is 0.154. The third-order valence-corrected chi connectivity index (χ3v) is 2.22. The lowest BCUT2D eigenvalue weighted by Crippen LogP contribution is -2.23. The summed E-state index contributed by atoms with van der Waals surface area (Å²) in [6.07, 6.45) is 0. The normalized spacial score (nSPS) is 11.9. The molecule has 0 radical (unpaired) electrons. The second kappa shape index (κ2) is 5.26. The molecule has 0 aliphatic carbocycles. The molecule has 0 amide bonds. The zero-order chi connectivity index (χ0) is 11.3. The second-order valence-electron chi connectivity index (χ2n) is 3.72. The fourth-order valence-electron chi connectivity index (χ4n) is 1.21. The number of nitriles is 1. The van der Waals surface area contributed by atoms with Crippen molar-refractivity contribution in [1.82, 2.24) is 0 Å². The second-order valence-corrected chi connectivity index (χ2v) is 3.72. The summed E-state index contributed by atoms with van der Waals surface area (Å²) in [6, 6.07) is 9.64. The maximum absolute atomic E-state index is 8.92. The highest BCUT2D eigenvalue weighted by Gasteiger charge is 2.11. The molecule has 0 aromatic heterocycles. The summed E-state index contributed by atoms with van der Waals surface area (Å²) in [5.41, 5.74) is 0.941. The molecule has 1 N–H and O–H groups in total. The first-order chi connectivity index (χ1) is 7.17. The molecule has 0 aliphatic rings. The Kier molecular flexibility index (Phi) is 3.99. The van der Waals surface area contributed by atoms with E-state index in [2.05, 4.69) is 11.4 Å². The van der Waals surface area contributed by atoms with Crippen molar-refractivity contribution in [3.05, 3.63) is 24.3 Å². The Labute approximate surface area is 90.7 Å². The van der Waals surface area contributed by atoms with Gasteiger partial charge in [0.05, 0.1) is 13.2 Å². The maximum atomic E-state index is 8.92. The third-order valence-electron chi connectivity index (χ3n) is 2.22. The van der Waals surface area contributed by atoms with Crippen molar-refractivity contribution < 1.29 is 4.74 Å². The van der Waals surface area contributed by atoms with Crippen LogP contribution >= 0.6 is 0 Å². The van der Waals surface area contributed by atoms with Gasteiger partial charge in [-0.1, -0.05) is 13.8 Å². The number of hydrogen-bond acceptors (Lipinski definition) is 3. The summed E-state index contributed by atoms with van der Waals surface area (Å²) < 4.78 is 5.06. The van der Waals surface area contributed by atoms with E-state index in [4.69, 9.17) is 10.00 Å². The van der Waals surface area contributed by atoms with E-state index in [1.165, 1.54) is 0 Å². The van der Waals surface area contributed by atoms with Crippen molar-refractivity contribution in [2.45, 2.75) is 19.9 Å². The molecule has 15 heavy (non-hydrogen) atoms. The Balaban J connectivity index is 2.68. The van der Waals surface area contributed by atoms with Crippen LogP contribution in [0.2, 0.25) is 0 Å². The van der Waals surface area contributed by atoms with Gasteiger partial charge in [-0.3, -0.25) is 0 Å². The number of hydrogen-bond donors (Lipinski definition) is 1. The zero-order valence-corrected chi connectivity index (χ0v) is 9.32. The van der Waals surface area contributed by atoms with Crippen LogP contribution in [0.1, 0.15) is 13.8 Å².